The fourth-order valence-electron chi connectivity index (χ4n) is 2.36. The highest BCUT2D eigenvalue weighted by atomic mass is 16.5. The first kappa shape index (κ1) is 16.8. The molecule has 0 aromatic carbocycles. The first-order valence-electron chi connectivity index (χ1n) is 7.26. The van der Waals surface area contributed by atoms with Crippen LogP contribution in [0.2, 0.25) is 0 Å². The molecular weight excluding hydrogens is 260 g/mol. The Labute approximate surface area is 120 Å². The van der Waals surface area contributed by atoms with Crippen LogP contribution in [0.25, 0.3) is 0 Å². The van der Waals surface area contributed by atoms with Gasteiger partial charge in [-0.1, -0.05) is 20.8 Å². The van der Waals surface area contributed by atoms with Gasteiger partial charge in [0.1, 0.15) is 6.04 Å². The molecule has 6 nitrogen and oxygen atoms in total. The summed E-state index contributed by atoms with van der Waals surface area (Å²) in [4.78, 5) is 25.2. The number of nitrogens with zero attached hydrogens (tertiary/aromatic N) is 1. The Morgan fingerprint density at radius 2 is 2.10 bits per heavy atom. The second-order valence-electron chi connectivity index (χ2n) is 5.83. The van der Waals surface area contributed by atoms with Crippen LogP contribution in [0.1, 0.15) is 40.5 Å². The number of carbonyl (C=O) groups excluding carboxylic acids is 1. The minimum absolute atomic E-state index is 0.0136. The Morgan fingerprint density at radius 1 is 1.45 bits per heavy atom. The van der Waals surface area contributed by atoms with Gasteiger partial charge in [-0.05, 0) is 25.7 Å². The van der Waals surface area contributed by atoms with E-state index in [2.05, 4.69) is 5.32 Å². The summed E-state index contributed by atoms with van der Waals surface area (Å²) >= 11 is 0. The third-order valence-corrected chi connectivity index (χ3v) is 3.50. The number of ether oxygens (including phenoxy) is 1. The molecule has 0 radical (unpaired) electrons. The molecule has 0 aromatic rings. The monoisotopic (exact) mass is 286 g/mol. The van der Waals surface area contributed by atoms with Crippen LogP contribution in [0.5, 0.6) is 0 Å². The number of urea groups is 1. The number of carbonyl (C=O) groups is 2. The third kappa shape index (κ3) is 4.67. The molecule has 20 heavy (non-hydrogen) atoms. The summed E-state index contributed by atoms with van der Waals surface area (Å²) in [6.07, 6.45) is 1.21. The normalized spacial score (nSPS) is 24.6. The number of aliphatic carboxylic acids is 1. The van der Waals surface area contributed by atoms with E-state index in [1.54, 1.807) is 4.90 Å². The van der Waals surface area contributed by atoms with Crippen molar-refractivity contribution in [2.45, 2.75) is 58.7 Å². The number of carboxylic acids is 1. The number of hydrogen-bond donors (Lipinski definition) is 2. The minimum Gasteiger partial charge on any atom is -0.480 e. The van der Waals surface area contributed by atoms with Gasteiger partial charge in [-0.25, -0.2) is 9.59 Å². The minimum atomic E-state index is -0.985. The van der Waals surface area contributed by atoms with Crippen molar-refractivity contribution < 1.29 is 19.4 Å². The molecule has 2 N–H and O–H groups in total. The van der Waals surface area contributed by atoms with E-state index in [1.165, 1.54) is 0 Å². The van der Waals surface area contributed by atoms with Gasteiger partial charge in [0.05, 0.1) is 18.8 Å². The van der Waals surface area contributed by atoms with Crippen molar-refractivity contribution in [2.24, 2.45) is 5.92 Å². The lowest BCUT2D eigenvalue weighted by molar-refractivity contribution is -0.139. The summed E-state index contributed by atoms with van der Waals surface area (Å²) in [6, 6.07) is -1.13. The van der Waals surface area contributed by atoms with E-state index >= 15 is 0 Å². The van der Waals surface area contributed by atoms with Gasteiger partial charge in [-0.3, -0.25) is 0 Å². The standard InChI is InChI=1S/C14H26N2O4/c1-5-11-8-20-10(4)7-16(11)14(19)15-12(13(17)18)6-9(2)3/h9-12H,5-8H2,1-4H3,(H,15,19)(H,17,18)/t10?,11?,12-/m0/s1. The van der Waals surface area contributed by atoms with Crippen molar-refractivity contribution in [3.8, 4) is 0 Å². The van der Waals surface area contributed by atoms with Crippen molar-refractivity contribution in [3.05, 3.63) is 0 Å². The SMILES string of the molecule is CCC1COC(C)CN1C(=O)N[C@@H](CC(C)C)C(=O)O. The zero-order valence-corrected chi connectivity index (χ0v) is 12.8. The average Bonchev–Trinajstić information content (AvgIpc) is 2.37. The molecule has 2 amide bonds. The van der Waals surface area contributed by atoms with E-state index in [0.717, 1.165) is 6.42 Å². The third-order valence-electron chi connectivity index (χ3n) is 3.50. The number of carboxylic acid groups (broad SMARTS) is 1. The number of amides is 2. The maximum absolute atomic E-state index is 12.3. The molecule has 6 heteroatoms. The molecule has 0 saturated carbocycles. The summed E-state index contributed by atoms with van der Waals surface area (Å²) < 4.78 is 5.54. The Morgan fingerprint density at radius 3 is 2.60 bits per heavy atom. The molecule has 0 spiro atoms. The van der Waals surface area contributed by atoms with E-state index in [-0.39, 0.29) is 24.1 Å². The average molecular weight is 286 g/mol. The predicted molar refractivity (Wildman–Crippen MR) is 75.6 cm³/mol. The molecule has 1 rings (SSSR count). The highest BCUT2D eigenvalue weighted by Gasteiger charge is 2.31. The largest absolute Gasteiger partial charge is 0.480 e. The van der Waals surface area contributed by atoms with Crippen LogP contribution in [0.4, 0.5) is 4.79 Å². The number of rotatable bonds is 5. The van der Waals surface area contributed by atoms with Crippen LogP contribution in [-0.4, -0.2) is 53.3 Å². The Hall–Kier alpha value is -1.30. The number of hydrogen-bond acceptors (Lipinski definition) is 3. The fraction of sp³-hybridized carbons (Fsp3) is 0.857. The lowest BCUT2D eigenvalue weighted by atomic mass is 10.0. The molecule has 1 aliphatic rings. The van der Waals surface area contributed by atoms with Gasteiger partial charge < -0.3 is 20.1 Å². The highest BCUT2D eigenvalue weighted by Crippen LogP contribution is 2.15. The maximum atomic E-state index is 12.3. The van der Waals surface area contributed by atoms with Crippen LogP contribution >= 0.6 is 0 Å². The maximum Gasteiger partial charge on any atom is 0.326 e. The molecule has 3 atom stereocenters. The second kappa shape index (κ2) is 7.47. The molecule has 0 bridgehead atoms. The predicted octanol–water partition coefficient (Wildman–Crippen LogP) is 1.69. The van der Waals surface area contributed by atoms with Crippen molar-refractivity contribution in [1.29, 1.82) is 0 Å². The molecule has 2 unspecified atom stereocenters. The Balaban J connectivity index is 2.68. The van der Waals surface area contributed by atoms with Crippen LogP contribution in [0.15, 0.2) is 0 Å². The first-order valence-corrected chi connectivity index (χ1v) is 7.26. The topological polar surface area (TPSA) is 78.9 Å². The fourth-order valence-corrected chi connectivity index (χ4v) is 2.36. The van der Waals surface area contributed by atoms with Crippen molar-refractivity contribution in [1.82, 2.24) is 10.2 Å². The summed E-state index contributed by atoms with van der Waals surface area (Å²) in [5, 5.41) is 11.8. The quantitative estimate of drug-likeness (QED) is 0.806. The van der Waals surface area contributed by atoms with Gasteiger partial charge in [0, 0.05) is 6.54 Å². The smallest absolute Gasteiger partial charge is 0.326 e. The van der Waals surface area contributed by atoms with E-state index in [1.807, 2.05) is 27.7 Å². The highest BCUT2D eigenvalue weighted by molar-refractivity contribution is 5.82. The molecule has 1 aliphatic heterocycles. The van der Waals surface area contributed by atoms with Crippen molar-refractivity contribution >= 4 is 12.0 Å². The summed E-state index contributed by atoms with van der Waals surface area (Å²) in [6.45, 7) is 8.79. The summed E-state index contributed by atoms with van der Waals surface area (Å²) in [5.41, 5.74) is 0. The molecule has 0 aliphatic carbocycles. The van der Waals surface area contributed by atoms with Gasteiger partial charge in [0.15, 0.2) is 0 Å². The lowest BCUT2D eigenvalue weighted by Gasteiger charge is -2.38. The molecule has 116 valence electrons. The van der Waals surface area contributed by atoms with Crippen molar-refractivity contribution in [2.75, 3.05) is 13.2 Å². The van der Waals surface area contributed by atoms with Crippen LogP contribution in [0.3, 0.4) is 0 Å². The van der Waals surface area contributed by atoms with E-state index in [0.29, 0.717) is 19.6 Å². The van der Waals surface area contributed by atoms with Gasteiger partial charge in [-0.2, -0.15) is 0 Å². The van der Waals surface area contributed by atoms with Gasteiger partial charge >= 0.3 is 12.0 Å². The first-order chi connectivity index (χ1) is 9.35. The van der Waals surface area contributed by atoms with Crippen LogP contribution in [0, 0.1) is 5.92 Å². The number of nitrogens with one attached hydrogen (secondary N) is 1. The molecule has 1 fully saturated rings. The Kier molecular flexibility index (Phi) is 6.26. The molecule has 1 saturated heterocycles. The summed E-state index contributed by atoms with van der Waals surface area (Å²) in [5.74, 6) is -0.775. The van der Waals surface area contributed by atoms with Crippen LogP contribution in [-0.2, 0) is 9.53 Å². The zero-order chi connectivity index (χ0) is 15.3. The van der Waals surface area contributed by atoms with E-state index < -0.39 is 12.0 Å². The van der Waals surface area contributed by atoms with Crippen molar-refractivity contribution in [3.63, 3.8) is 0 Å². The van der Waals surface area contributed by atoms with Gasteiger partial charge in [-0.15, -0.1) is 0 Å². The molecular formula is C14H26N2O4. The second-order valence-corrected chi connectivity index (χ2v) is 5.83. The Bertz CT molecular complexity index is 346. The van der Waals surface area contributed by atoms with E-state index in [4.69, 9.17) is 4.74 Å². The van der Waals surface area contributed by atoms with E-state index in [9.17, 15) is 14.7 Å². The zero-order valence-electron chi connectivity index (χ0n) is 12.8. The molecule has 1 heterocycles. The van der Waals surface area contributed by atoms with Gasteiger partial charge in [0.2, 0.25) is 0 Å². The number of morpholine rings is 1. The lowest BCUT2D eigenvalue weighted by Crippen LogP contribution is -2.57. The van der Waals surface area contributed by atoms with Gasteiger partial charge in [0.25, 0.3) is 0 Å². The van der Waals surface area contributed by atoms with Crippen LogP contribution < -0.4 is 5.32 Å². The summed E-state index contributed by atoms with van der Waals surface area (Å²) in [7, 11) is 0. The molecule has 0 aromatic heterocycles.